The number of carboxylic acids is 1. The number of carbonyl (C=O) groups is 2. The monoisotopic (exact) mass is 417 g/mol. The molecular weight excluding hydrogens is 405 g/mol. The van der Waals surface area contributed by atoms with Crippen molar-refractivity contribution >= 4 is 57.5 Å². The van der Waals surface area contributed by atoms with Crippen molar-refractivity contribution in [2.45, 2.75) is 0 Å². The number of amides is 1. The van der Waals surface area contributed by atoms with E-state index in [0.29, 0.717) is 26.7 Å². The van der Waals surface area contributed by atoms with Gasteiger partial charge in [0, 0.05) is 27.1 Å². The summed E-state index contributed by atoms with van der Waals surface area (Å²) in [5, 5.41) is 15.3. The quantitative estimate of drug-likeness (QED) is 0.494. The van der Waals surface area contributed by atoms with E-state index in [0.717, 1.165) is 11.3 Å². The van der Waals surface area contributed by atoms with Gasteiger partial charge in [-0.15, -0.1) is 11.3 Å². The zero-order valence-electron chi connectivity index (χ0n) is 13.8. The largest absolute Gasteiger partial charge is 0.478 e. The van der Waals surface area contributed by atoms with Crippen LogP contribution >= 0.6 is 34.5 Å². The van der Waals surface area contributed by atoms with Gasteiger partial charge in [0.2, 0.25) is 5.91 Å². The SMILES string of the molecule is O=C(/C=C/c1ccccc1Cl)Nc1scc(-c2ccc(Cl)cc2)c1C(=O)O. The Bertz CT molecular complexity index is 1030. The molecule has 0 saturated heterocycles. The third-order valence-electron chi connectivity index (χ3n) is 3.72. The van der Waals surface area contributed by atoms with E-state index in [4.69, 9.17) is 23.2 Å². The summed E-state index contributed by atoms with van der Waals surface area (Å²) in [7, 11) is 0. The van der Waals surface area contributed by atoms with E-state index in [-0.39, 0.29) is 10.6 Å². The Hall–Kier alpha value is -2.60. The number of carbonyl (C=O) groups excluding carboxylic acids is 1. The summed E-state index contributed by atoms with van der Waals surface area (Å²) in [4.78, 5) is 24.0. The van der Waals surface area contributed by atoms with Gasteiger partial charge in [-0.1, -0.05) is 53.5 Å². The second-order valence-electron chi connectivity index (χ2n) is 5.51. The van der Waals surface area contributed by atoms with Crippen molar-refractivity contribution in [3.05, 3.63) is 81.2 Å². The number of aromatic carboxylic acids is 1. The van der Waals surface area contributed by atoms with Crippen LogP contribution in [-0.2, 0) is 4.79 Å². The molecule has 0 spiro atoms. The van der Waals surface area contributed by atoms with Gasteiger partial charge in [0.25, 0.3) is 0 Å². The maximum Gasteiger partial charge on any atom is 0.339 e. The zero-order chi connectivity index (χ0) is 19.4. The lowest BCUT2D eigenvalue weighted by Gasteiger charge is -2.04. The maximum atomic E-state index is 12.2. The van der Waals surface area contributed by atoms with Crippen LogP contribution in [0.3, 0.4) is 0 Å². The molecule has 0 aliphatic heterocycles. The van der Waals surface area contributed by atoms with Crippen molar-refractivity contribution in [2.24, 2.45) is 0 Å². The molecule has 2 N–H and O–H groups in total. The van der Waals surface area contributed by atoms with Crippen molar-refractivity contribution in [1.29, 1.82) is 0 Å². The van der Waals surface area contributed by atoms with Crippen LogP contribution in [0, 0.1) is 0 Å². The summed E-state index contributed by atoms with van der Waals surface area (Å²) in [6.07, 6.45) is 2.89. The fraction of sp³-hybridized carbons (Fsp3) is 0. The van der Waals surface area contributed by atoms with E-state index in [2.05, 4.69) is 5.32 Å². The maximum absolute atomic E-state index is 12.2. The molecule has 3 rings (SSSR count). The predicted molar refractivity (Wildman–Crippen MR) is 111 cm³/mol. The van der Waals surface area contributed by atoms with E-state index in [1.54, 1.807) is 53.9 Å². The first kappa shape index (κ1) is 19.2. The van der Waals surface area contributed by atoms with Gasteiger partial charge in [0.15, 0.2) is 0 Å². The number of rotatable bonds is 5. The summed E-state index contributed by atoms with van der Waals surface area (Å²) in [5.74, 6) is -1.56. The first-order chi connectivity index (χ1) is 13.0. The topological polar surface area (TPSA) is 66.4 Å². The van der Waals surface area contributed by atoms with Crippen molar-refractivity contribution < 1.29 is 14.7 Å². The Balaban J connectivity index is 1.85. The Kier molecular flexibility index (Phi) is 5.96. The average Bonchev–Trinajstić information content (AvgIpc) is 3.05. The van der Waals surface area contributed by atoms with Crippen LogP contribution in [0.5, 0.6) is 0 Å². The molecule has 1 amide bonds. The molecule has 2 aromatic carbocycles. The van der Waals surface area contributed by atoms with Crippen molar-refractivity contribution in [1.82, 2.24) is 0 Å². The molecule has 27 heavy (non-hydrogen) atoms. The molecule has 0 aliphatic rings. The Morgan fingerprint density at radius 1 is 1.04 bits per heavy atom. The predicted octanol–water partition coefficient (Wildman–Crippen LogP) is 6.07. The minimum Gasteiger partial charge on any atom is -0.478 e. The standard InChI is InChI=1S/C20H13Cl2NO3S/c21-14-8-5-12(6-9-14)15-11-27-19(18(15)20(25)26)23-17(24)10-7-13-3-1-2-4-16(13)22/h1-11H,(H,23,24)(H,25,26)/b10-7+. The van der Waals surface area contributed by atoms with Crippen LogP contribution in [0.25, 0.3) is 17.2 Å². The molecule has 0 bridgehead atoms. The molecule has 0 fully saturated rings. The molecule has 0 atom stereocenters. The highest BCUT2D eigenvalue weighted by Gasteiger charge is 2.20. The highest BCUT2D eigenvalue weighted by Crippen LogP contribution is 2.36. The Morgan fingerprint density at radius 3 is 2.41 bits per heavy atom. The van der Waals surface area contributed by atoms with Gasteiger partial charge in [0.1, 0.15) is 10.6 Å². The highest BCUT2D eigenvalue weighted by atomic mass is 35.5. The van der Waals surface area contributed by atoms with Crippen LogP contribution in [0.4, 0.5) is 5.00 Å². The summed E-state index contributed by atoms with van der Waals surface area (Å²) >= 11 is 13.1. The van der Waals surface area contributed by atoms with Crippen molar-refractivity contribution in [3.8, 4) is 11.1 Å². The molecule has 136 valence electrons. The first-order valence-corrected chi connectivity index (χ1v) is 9.43. The number of hydrogen-bond acceptors (Lipinski definition) is 3. The normalized spacial score (nSPS) is 10.9. The van der Waals surface area contributed by atoms with E-state index in [9.17, 15) is 14.7 Å². The number of thiophene rings is 1. The number of nitrogens with one attached hydrogen (secondary N) is 1. The van der Waals surface area contributed by atoms with Crippen LogP contribution in [0.1, 0.15) is 15.9 Å². The second kappa shape index (κ2) is 8.39. The Morgan fingerprint density at radius 2 is 1.74 bits per heavy atom. The van der Waals surface area contributed by atoms with Gasteiger partial charge in [-0.2, -0.15) is 0 Å². The minimum absolute atomic E-state index is 0.0433. The molecule has 1 heterocycles. The number of anilines is 1. The summed E-state index contributed by atoms with van der Waals surface area (Å²) in [5.41, 5.74) is 1.97. The van der Waals surface area contributed by atoms with Gasteiger partial charge in [-0.3, -0.25) is 4.79 Å². The van der Waals surface area contributed by atoms with Crippen LogP contribution in [0.15, 0.2) is 60.0 Å². The van der Waals surface area contributed by atoms with E-state index < -0.39 is 11.9 Å². The molecular formula is C20H13Cl2NO3S. The third-order valence-corrected chi connectivity index (χ3v) is 5.21. The molecule has 7 heteroatoms. The van der Waals surface area contributed by atoms with E-state index in [1.165, 1.54) is 6.08 Å². The summed E-state index contributed by atoms with van der Waals surface area (Å²) in [6.45, 7) is 0. The average molecular weight is 418 g/mol. The molecule has 3 aromatic rings. The lowest BCUT2D eigenvalue weighted by atomic mass is 10.0. The lowest BCUT2D eigenvalue weighted by Crippen LogP contribution is -2.10. The van der Waals surface area contributed by atoms with Crippen LogP contribution in [0.2, 0.25) is 10.0 Å². The summed E-state index contributed by atoms with van der Waals surface area (Å²) in [6, 6.07) is 13.9. The molecule has 0 aliphatic carbocycles. The highest BCUT2D eigenvalue weighted by molar-refractivity contribution is 7.15. The first-order valence-electron chi connectivity index (χ1n) is 7.80. The number of benzene rings is 2. The number of hydrogen-bond donors (Lipinski definition) is 2. The molecule has 0 radical (unpaired) electrons. The summed E-state index contributed by atoms with van der Waals surface area (Å²) < 4.78 is 0. The lowest BCUT2D eigenvalue weighted by molar-refractivity contribution is -0.111. The number of carboxylic acid groups (broad SMARTS) is 1. The molecule has 0 unspecified atom stereocenters. The molecule has 4 nitrogen and oxygen atoms in total. The van der Waals surface area contributed by atoms with Crippen molar-refractivity contribution in [2.75, 3.05) is 5.32 Å². The number of halogens is 2. The second-order valence-corrected chi connectivity index (χ2v) is 7.23. The Labute approximate surface area is 169 Å². The van der Waals surface area contributed by atoms with Gasteiger partial charge in [-0.25, -0.2) is 4.79 Å². The fourth-order valence-corrected chi connectivity index (χ4v) is 3.72. The van der Waals surface area contributed by atoms with Gasteiger partial charge in [0.05, 0.1) is 0 Å². The van der Waals surface area contributed by atoms with Gasteiger partial charge >= 0.3 is 5.97 Å². The van der Waals surface area contributed by atoms with Crippen molar-refractivity contribution in [3.63, 3.8) is 0 Å². The van der Waals surface area contributed by atoms with E-state index >= 15 is 0 Å². The minimum atomic E-state index is -1.12. The van der Waals surface area contributed by atoms with E-state index in [1.807, 2.05) is 6.07 Å². The van der Waals surface area contributed by atoms with Crippen LogP contribution < -0.4 is 5.32 Å². The zero-order valence-corrected chi connectivity index (χ0v) is 16.1. The molecule has 1 aromatic heterocycles. The fourth-order valence-electron chi connectivity index (χ4n) is 2.43. The third kappa shape index (κ3) is 4.57. The van der Waals surface area contributed by atoms with Gasteiger partial charge < -0.3 is 10.4 Å². The van der Waals surface area contributed by atoms with Crippen LogP contribution in [-0.4, -0.2) is 17.0 Å². The smallest absolute Gasteiger partial charge is 0.339 e. The van der Waals surface area contributed by atoms with Gasteiger partial charge in [-0.05, 0) is 35.4 Å². The molecule has 0 saturated carbocycles.